The van der Waals surface area contributed by atoms with Gasteiger partial charge in [-0.2, -0.15) is 0 Å². The topological polar surface area (TPSA) is 18.5 Å². The Morgan fingerprint density at radius 1 is 1.10 bits per heavy atom. The molecule has 2 nitrogen and oxygen atoms in total. The molecule has 0 bridgehead atoms. The van der Waals surface area contributed by atoms with Gasteiger partial charge in [0.05, 0.1) is 7.11 Å². The maximum atomic E-state index is 5.98. The van der Waals surface area contributed by atoms with E-state index >= 15 is 0 Å². The van der Waals surface area contributed by atoms with Gasteiger partial charge in [0.2, 0.25) is 0 Å². The van der Waals surface area contributed by atoms with Crippen molar-refractivity contribution in [2.75, 3.05) is 7.11 Å². The second kappa shape index (κ2) is 7.14. The zero-order valence-electron chi connectivity index (χ0n) is 11.5. The first-order valence-corrected chi connectivity index (χ1v) is 8.16. The fraction of sp³-hybridized carbons (Fsp3) is 0.250. The van der Waals surface area contributed by atoms with Crippen LogP contribution in [0.4, 0.5) is 0 Å². The van der Waals surface area contributed by atoms with Crippen LogP contribution in [0.5, 0.6) is 11.5 Å². The molecule has 20 heavy (non-hydrogen) atoms. The van der Waals surface area contributed by atoms with E-state index in [1.807, 2.05) is 24.3 Å². The molecule has 0 aliphatic carbocycles. The number of methoxy groups -OCH3 is 1. The van der Waals surface area contributed by atoms with Crippen LogP contribution in [0.15, 0.2) is 40.9 Å². The lowest BCUT2D eigenvalue weighted by molar-refractivity contribution is 0.301. The number of halogens is 2. The molecule has 2 aromatic carbocycles. The Balaban J connectivity index is 2.13. The van der Waals surface area contributed by atoms with E-state index in [0.29, 0.717) is 6.61 Å². The molecule has 0 saturated heterocycles. The largest absolute Gasteiger partial charge is 0.497 e. The lowest BCUT2D eigenvalue weighted by Crippen LogP contribution is -2.00. The van der Waals surface area contributed by atoms with Crippen LogP contribution in [-0.2, 0) is 11.9 Å². The maximum Gasteiger partial charge on any atom is 0.126 e. The number of hydrogen-bond donors (Lipinski definition) is 0. The molecule has 0 aliphatic heterocycles. The van der Waals surface area contributed by atoms with Gasteiger partial charge in [-0.05, 0) is 42.3 Å². The molecule has 2 rings (SSSR count). The molecule has 2 aromatic rings. The summed E-state index contributed by atoms with van der Waals surface area (Å²) in [6, 6.07) is 12.1. The summed E-state index contributed by atoms with van der Waals surface area (Å²) >= 11 is 7.01. The average molecular weight is 400 g/mol. The zero-order valence-corrected chi connectivity index (χ0v) is 14.6. The van der Waals surface area contributed by atoms with Crippen LogP contribution in [0.2, 0.25) is 0 Å². The third kappa shape index (κ3) is 3.76. The summed E-state index contributed by atoms with van der Waals surface area (Å²) in [7, 11) is 1.67. The monoisotopic (exact) mass is 398 g/mol. The van der Waals surface area contributed by atoms with Gasteiger partial charge in [-0.3, -0.25) is 0 Å². The summed E-state index contributed by atoms with van der Waals surface area (Å²) < 4.78 is 12.2. The molecule has 0 heterocycles. The summed E-state index contributed by atoms with van der Waals surface area (Å²) in [5.41, 5.74) is 3.39. The van der Waals surface area contributed by atoms with Crippen molar-refractivity contribution >= 4 is 31.9 Å². The summed E-state index contributed by atoms with van der Waals surface area (Å²) in [4.78, 5) is 0. The lowest BCUT2D eigenvalue weighted by atomic mass is 10.1. The van der Waals surface area contributed by atoms with Crippen molar-refractivity contribution in [3.8, 4) is 11.5 Å². The van der Waals surface area contributed by atoms with Crippen molar-refractivity contribution in [3.63, 3.8) is 0 Å². The van der Waals surface area contributed by atoms with Crippen LogP contribution in [-0.4, -0.2) is 7.11 Å². The Kier molecular flexibility index (Phi) is 5.49. The van der Waals surface area contributed by atoms with E-state index in [9.17, 15) is 0 Å². The fourth-order valence-electron chi connectivity index (χ4n) is 1.98. The van der Waals surface area contributed by atoms with Crippen LogP contribution in [0, 0.1) is 6.92 Å². The summed E-state index contributed by atoms with van der Waals surface area (Å²) in [5, 5.41) is 0.769. The van der Waals surface area contributed by atoms with Crippen LogP contribution < -0.4 is 9.47 Å². The fourth-order valence-corrected chi connectivity index (χ4v) is 3.02. The van der Waals surface area contributed by atoms with Gasteiger partial charge in [-0.25, -0.2) is 0 Å². The number of benzene rings is 2. The Morgan fingerprint density at radius 2 is 1.80 bits per heavy atom. The predicted octanol–water partition coefficient (Wildman–Crippen LogP) is 5.24. The number of rotatable bonds is 5. The number of ether oxygens (including phenoxy) is 2. The summed E-state index contributed by atoms with van der Waals surface area (Å²) in [5.74, 6) is 1.80. The molecular formula is C16H16Br2O2. The standard InChI is InChI=1S/C16H16Br2O2/c1-11-7-14(18)8-13(9-17)16(11)20-10-12-3-5-15(19-2)6-4-12/h3-8H,9-10H2,1-2H3. The molecule has 0 amide bonds. The van der Waals surface area contributed by atoms with Gasteiger partial charge in [0.1, 0.15) is 18.1 Å². The minimum Gasteiger partial charge on any atom is -0.497 e. The van der Waals surface area contributed by atoms with Gasteiger partial charge >= 0.3 is 0 Å². The second-order valence-electron chi connectivity index (χ2n) is 4.48. The Labute approximate surface area is 136 Å². The maximum absolute atomic E-state index is 5.98. The van der Waals surface area contributed by atoms with Crippen molar-refractivity contribution < 1.29 is 9.47 Å². The van der Waals surface area contributed by atoms with Crippen molar-refractivity contribution in [1.29, 1.82) is 0 Å². The van der Waals surface area contributed by atoms with Crippen molar-refractivity contribution in [1.82, 2.24) is 0 Å². The van der Waals surface area contributed by atoms with E-state index in [1.165, 1.54) is 0 Å². The van der Waals surface area contributed by atoms with Crippen LogP contribution in [0.3, 0.4) is 0 Å². The Morgan fingerprint density at radius 3 is 2.40 bits per heavy atom. The molecule has 0 N–H and O–H groups in total. The molecule has 0 fully saturated rings. The van der Waals surface area contributed by atoms with E-state index in [2.05, 4.69) is 50.9 Å². The molecule has 0 aromatic heterocycles. The summed E-state index contributed by atoms with van der Waals surface area (Å²) in [6.45, 7) is 2.60. The van der Waals surface area contributed by atoms with E-state index < -0.39 is 0 Å². The molecule has 0 atom stereocenters. The highest BCUT2D eigenvalue weighted by Gasteiger charge is 2.08. The van der Waals surface area contributed by atoms with Gasteiger partial charge in [0.25, 0.3) is 0 Å². The second-order valence-corrected chi connectivity index (χ2v) is 5.96. The highest BCUT2D eigenvalue weighted by Crippen LogP contribution is 2.30. The van der Waals surface area contributed by atoms with E-state index in [1.54, 1.807) is 7.11 Å². The minimum atomic E-state index is 0.548. The van der Waals surface area contributed by atoms with Gasteiger partial charge in [0.15, 0.2) is 0 Å². The number of aryl methyl sites for hydroxylation is 1. The molecule has 0 unspecified atom stereocenters. The van der Waals surface area contributed by atoms with Gasteiger partial charge in [-0.1, -0.05) is 44.0 Å². The molecular weight excluding hydrogens is 384 g/mol. The van der Waals surface area contributed by atoms with E-state index in [4.69, 9.17) is 9.47 Å². The van der Waals surface area contributed by atoms with Crippen LogP contribution in [0.1, 0.15) is 16.7 Å². The molecule has 0 saturated carbocycles. The van der Waals surface area contributed by atoms with Crippen LogP contribution in [0.25, 0.3) is 0 Å². The number of hydrogen-bond acceptors (Lipinski definition) is 2. The predicted molar refractivity (Wildman–Crippen MR) is 88.8 cm³/mol. The summed E-state index contributed by atoms with van der Waals surface area (Å²) in [6.07, 6.45) is 0. The molecule has 0 aliphatic rings. The first kappa shape index (κ1) is 15.4. The minimum absolute atomic E-state index is 0.548. The third-order valence-electron chi connectivity index (χ3n) is 3.00. The first-order chi connectivity index (χ1) is 9.63. The highest BCUT2D eigenvalue weighted by molar-refractivity contribution is 9.10. The zero-order chi connectivity index (χ0) is 14.5. The van der Waals surface area contributed by atoms with Gasteiger partial charge in [0, 0.05) is 15.4 Å². The van der Waals surface area contributed by atoms with Crippen LogP contribution >= 0.6 is 31.9 Å². The molecule has 0 radical (unpaired) electrons. The normalized spacial score (nSPS) is 10.4. The lowest BCUT2D eigenvalue weighted by Gasteiger charge is -2.14. The third-order valence-corrected chi connectivity index (χ3v) is 4.06. The van der Waals surface area contributed by atoms with Crippen molar-refractivity contribution in [2.45, 2.75) is 18.9 Å². The van der Waals surface area contributed by atoms with E-state index in [-0.39, 0.29) is 0 Å². The van der Waals surface area contributed by atoms with Gasteiger partial charge in [-0.15, -0.1) is 0 Å². The average Bonchev–Trinajstić information content (AvgIpc) is 2.46. The highest BCUT2D eigenvalue weighted by atomic mass is 79.9. The molecule has 106 valence electrons. The smallest absolute Gasteiger partial charge is 0.126 e. The quantitative estimate of drug-likeness (QED) is 0.640. The Bertz CT molecular complexity index is 580. The molecule has 0 spiro atoms. The SMILES string of the molecule is COc1ccc(COc2c(C)cc(Br)cc2CBr)cc1. The molecule has 4 heteroatoms. The van der Waals surface area contributed by atoms with Crippen molar-refractivity contribution in [3.05, 3.63) is 57.6 Å². The van der Waals surface area contributed by atoms with Crippen molar-refractivity contribution in [2.24, 2.45) is 0 Å². The first-order valence-electron chi connectivity index (χ1n) is 6.24. The van der Waals surface area contributed by atoms with Gasteiger partial charge < -0.3 is 9.47 Å². The Hall–Kier alpha value is -1.000. The van der Waals surface area contributed by atoms with E-state index in [0.717, 1.165) is 38.0 Å². The number of alkyl halides is 1.